The van der Waals surface area contributed by atoms with Crippen molar-refractivity contribution in [3.8, 4) is 11.5 Å². The van der Waals surface area contributed by atoms with Crippen LogP contribution < -0.4 is 14.8 Å². The van der Waals surface area contributed by atoms with E-state index in [1.54, 1.807) is 20.3 Å². The van der Waals surface area contributed by atoms with Gasteiger partial charge >= 0.3 is 6.09 Å². The van der Waals surface area contributed by atoms with Crippen molar-refractivity contribution in [1.29, 1.82) is 0 Å². The molecule has 0 saturated heterocycles. The van der Waals surface area contributed by atoms with E-state index in [-0.39, 0.29) is 0 Å². The fourth-order valence-corrected chi connectivity index (χ4v) is 2.71. The number of benzene rings is 2. The monoisotopic (exact) mass is 369 g/mol. The van der Waals surface area contributed by atoms with E-state index in [0.717, 1.165) is 16.7 Å². The Morgan fingerprint density at radius 3 is 2.11 bits per heavy atom. The molecule has 0 bridgehead atoms. The summed E-state index contributed by atoms with van der Waals surface area (Å²) >= 11 is 0. The van der Waals surface area contributed by atoms with E-state index in [2.05, 4.69) is 5.32 Å². The molecule has 2 aromatic carbocycles. The molecule has 144 valence electrons. The third-order valence-corrected chi connectivity index (χ3v) is 3.82. The van der Waals surface area contributed by atoms with Crippen LogP contribution in [0.4, 0.5) is 10.5 Å². The Kier molecular flexibility index (Phi) is 6.50. The van der Waals surface area contributed by atoms with Crippen molar-refractivity contribution in [3.63, 3.8) is 0 Å². The number of allylic oxidation sites excluding steroid dienone is 1. The molecular formula is C22H27NO4. The maximum atomic E-state index is 12.4. The molecule has 0 radical (unpaired) electrons. The molecule has 1 N–H and O–H groups in total. The fourth-order valence-electron chi connectivity index (χ4n) is 2.71. The number of anilines is 1. The van der Waals surface area contributed by atoms with Crippen molar-refractivity contribution in [1.82, 2.24) is 0 Å². The first-order chi connectivity index (χ1) is 12.8. The van der Waals surface area contributed by atoms with Crippen LogP contribution in [0.1, 0.15) is 38.8 Å². The maximum absolute atomic E-state index is 12.4. The topological polar surface area (TPSA) is 56.8 Å². The molecule has 1 amide bonds. The van der Waals surface area contributed by atoms with Gasteiger partial charge in [0.05, 0.1) is 19.9 Å². The zero-order valence-corrected chi connectivity index (χ0v) is 16.8. The van der Waals surface area contributed by atoms with Crippen LogP contribution in [0.5, 0.6) is 11.5 Å². The SMILES string of the molecule is C/C=C(\c1ccccc1)c1cc(OC)c(OC)cc1NC(=O)OC(C)(C)C. The summed E-state index contributed by atoms with van der Waals surface area (Å²) in [6.07, 6.45) is 1.47. The van der Waals surface area contributed by atoms with Crippen molar-refractivity contribution in [2.24, 2.45) is 0 Å². The summed E-state index contributed by atoms with van der Waals surface area (Å²) in [5.74, 6) is 1.10. The molecule has 0 fully saturated rings. The van der Waals surface area contributed by atoms with Crippen LogP contribution in [0.15, 0.2) is 48.5 Å². The second-order valence-electron chi connectivity index (χ2n) is 6.95. The van der Waals surface area contributed by atoms with Gasteiger partial charge in [-0.15, -0.1) is 0 Å². The molecular weight excluding hydrogens is 342 g/mol. The molecule has 0 atom stereocenters. The van der Waals surface area contributed by atoms with Crippen LogP contribution in [0, 0.1) is 0 Å². The van der Waals surface area contributed by atoms with E-state index in [1.807, 2.05) is 70.2 Å². The predicted molar refractivity (Wildman–Crippen MR) is 109 cm³/mol. The Hall–Kier alpha value is -2.95. The van der Waals surface area contributed by atoms with Gasteiger partial charge in [-0.05, 0) is 44.9 Å². The Morgan fingerprint density at radius 2 is 1.59 bits per heavy atom. The summed E-state index contributed by atoms with van der Waals surface area (Å²) in [5.41, 5.74) is 2.79. The number of hydrogen-bond donors (Lipinski definition) is 1. The van der Waals surface area contributed by atoms with E-state index >= 15 is 0 Å². The lowest BCUT2D eigenvalue weighted by Crippen LogP contribution is -2.27. The average molecular weight is 369 g/mol. The van der Waals surface area contributed by atoms with Crippen LogP contribution >= 0.6 is 0 Å². The predicted octanol–water partition coefficient (Wildman–Crippen LogP) is 5.50. The van der Waals surface area contributed by atoms with Crippen LogP contribution in [-0.4, -0.2) is 25.9 Å². The number of methoxy groups -OCH3 is 2. The van der Waals surface area contributed by atoms with Gasteiger partial charge in [-0.3, -0.25) is 5.32 Å². The third kappa shape index (κ3) is 5.26. The van der Waals surface area contributed by atoms with E-state index in [4.69, 9.17) is 14.2 Å². The summed E-state index contributed by atoms with van der Waals surface area (Å²) in [6, 6.07) is 13.5. The average Bonchev–Trinajstić information content (AvgIpc) is 2.62. The zero-order chi connectivity index (χ0) is 20.0. The standard InChI is InChI=1S/C22H27NO4/c1-7-16(15-11-9-8-10-12-15)17-13-19(25-5)20(26-6)14-18(17)23-21(24)27-22(2,3)4/h7-14H,1-6H3,(H,23,24)/b16-7+. The van der Waals surface area contributed by atoms with Crippen molar-refractivity contribution in [2.45, 2.75) is 33.3 Å². The number of ether oxygens (including phenoxy) is 3. The number of rotatable bonds is 5. The van der Waals surface area contributed by atoms with Crippen molar-refractivity contribution >= 4 is 17.4 Å². The molecule has 0 aliphatic rings. The molecule has 0 aliphatic heterocycles. The number of carbonyl (C=O) groups excluding carboxylic acids is 1. The molecule has 0 heterocycles. The van der Waals surface area contributed by atoms with Crippen LogP contribution in [0.25, 0.3) is 5.57 Å². The van der Waals surface area contributed by atoms with E-state index in [1.165, 1.54) is 0 Å². The largest absolute Gasteiger partial charge is 0.493 e. The third-order valence-electron chi connectivity index (χ3n) is 3.82. The first kappa shape index (κ1) is 20.4. The molecule has 5 nitrogen and oxygen atoms in total. The summed E-state index contributed by atoms with van der Waals surface area (Å²) < 4.78 is 16.3. The van der Waals surface area contributed by atoms with Gasteiger partial charge < -0.3 is 14.2 Å². The molecule has 0 aliphatic carbocycles. The first-order valence-electron chi connectivity index (χ1n) is 8.77. The minimum absolute atomic E-state index is 0.524. The summed E-state index contributed by atoms with van der Waals surface area (Å²) in [6.45, 7) is 7.42. The zero-order valence-electron chi connectivity index (χ0n) is 16.8. The number of carbonyl (C=O) groups is 1. The highest BCUT2D eigenvalue weighted by molar-refractivity contribution is 5.94. The molecule has 5 heteroatoms. The number of amides is 1. The van der Waals surface area contributed by atoms with Crippen LogP contribution in [-0.2, 0) is 4.74 Å². The Morgan fingerprint density at radius 1 is 1.00 bits per heavy atom. The van der Waals surface area contributed by atoms with Gasteiger partial charge in [0.15, 0.2) is 11.5 Å². The lowest BCUT2D eigenvalue weighted by Gasteiger charge is -2.22. The second kappa shape index (κ2) is 8.62. The van der Waals surface area contributed by atoms with Crippen LogP contribution in [0.2, 0.25) is 0 Å². The molecule has 27 heavy (non-hydrogen) atoms. The van der Waals surface area contributed by atoms with E-state index in [9.17, 15) is 4.79 Å². The first-order valence-corrected chi connectivity index (χ1v) is 8.77. The molecule has 0 spiro atoms. The Labute approximate surface area is 161 Å². The molecule has 0 aromatic heterocycles. The second-order valence-corrected chi connectivity index (χ2v) is 6.95. The van der Waals surface area contributed by atoms with Gasteiger partial charge in [-0.1, -0.05) is 36.4 Å². The highest BCUT2D eigenvalue weighted by atomic mass is 16.6. The highest BCUT2D eigenvalue weighted by Gasteiger charge is 2.20. The van der Waals surface area contributed by atoms with Gasteiger partial charge in [0.25, 0.3) is 0 Å². The summed E-state index contributed by atoms with van der Waals surface area (Å²) in [7, 11) is 3.14. The molecule has 2 aromatic rings. The van der Waals surface area contributed by atoms with Crippen molar-refractivity contribution in [3.05, 3.63) is 59.7 Å². The Bertz CT molecular complexity index is 820. The summed E-state index contributed by atoms with van der Waals surface area (Å²) in [5, 5.41) is 2.84. The van der Waals surface area contributed by atoms with Gasteiger partial charge in [-0.2, -0.15) is 0 Å². The summed E-state index contributed by atoms with van der Waals surface area (Å²) in [4.78, 5) is 12.4. The number of nitrogens with one attached hydrogen (secondary N) is 1. The smallest absolute Gasteiger partial charge is 0.412 e. The molecule has 0 saturated carbocycles. The van der Waals surface area contributed by atoms with Crippen LogP contribution in [0.3, 0.4) is 0 Å². The Balaban J connectivity index is 2.55. The van der Waals surface area contributed by atoms with Gasteiger partial charge in [-0.25, -0.2) is 4.79 Å². The number of hydrogen-bond acceptors (Lipinski definition) is 4. The van der Waals surface area contributed by atoms with Crippen molar-refractivity contribution in [2.75, 3.05) is 19.5 Å². The highest BCUT2D eigenvalue weighted by Crippen LogP contribution is 2.39. The van der Waals surface area contributed by atoms with Gasteiger partial charge in [0, 0.05) is 11.6 Å². The lowest BCUT2D eigenvalue weighted by atomic mass is 9.95. The van der Waals surface area contributed by atoms with Gasteiger partial charge in [0.2, 0.25) is 0 Å². The fraction of sp³-hybridized carbons (Fsp3) is 0.318. The molecule has 0 unspecified atom stereocenters. The minimum Gasteiger partial charge on any atom is -0.493 e. The van der Waals surface area contributed by atoms with Gasteiger partial charge in [0.1, 0.15) is 5.60 Å². The van der Waals surface area contributed by atoms with E-state index in [0.29, 0.717) is 17.2 Å². The molecule has 2 rings (SSSR count). The van der Waals surface area contributed by atoms with Crippen molar-refractivity contribution < 1.29 is 19.0 Å². The lowest BCUT2D eigenvalue weighted by molar-refractivity contribution is 0.0636. The minimum atomic E-state index is -0.594. The van der Waals surface area contributed by atoms with E-state index < -0.39 is 11.7 Å². The maximum Gasteiger partial charge on any atom is 0.412 e. The normalized spacial score (nSPS) is 11.7. The quantitative estimate of drug-likeness (QED) is 0.756.